The van der Waals surface area contributed by atoms with E-state index in [-0.39, 0.29) is 6.03 Å². The number of hydrogen-bond acceptors (Lipinski definition) is 1. The molecule has 3 nitrogen and oxygen atoms in total. The highest BCUT2D eigenvalue weighted by molar-refractivity contribution is 5.94. The van der Waals surface area contributed by atoms with Crippen molar-refractivity contribution in [3.8, 4) is 0 Å². The number of anilines is 1. The monoisotopic (exact) mass is 306 g/mol. The van der Waals surface area contributed by atoms with Gasteiger partial charge in [-0.1, -0.05) is 35.9 Å². The van der Waals surface area contributed by atoms with Gasteiger partial charge in [0.25, 0.3) is 0 Å². The summed E-state index contributed by atoms with van der Waals surface area (Å²) >= 11 is 0. The van der Waals surface area contributed by atoms with Gasteiger partial charge in [0.1, 0.15) is 0 Å². The Morgan fingerprint density at radius 2 is 1.74 bits per heavy atom. The number of carbonyl (C=O) groups is 1. The lowest BCUT2D eigenvalue weighted by Gasteiger charge is -2.19. The number of aryl methyl sites for hydroxylation is 3. The standard InChI is InChI=1S/C20H22N2O/c1-15-5-7-16(8-6-15)14-21-11-12-22(20(21)23)19-10-9-17-3-2-4-18(17)13-19/h5-10,13H,2-4,11-12,14H2,1H3. The van der Waals surface area contributed by atoms with Crippen LogP contribution in [0.1, 0.15) is 28.7 Å². The molecule has 0 radical (unpaired) electrons. The van der Waals surface area contributed by atoms with Crippen LogP contribution >= 0.6 is 0 Å². The molecule has 0 unspecified atom stereocenters. The summed E-state index contributed by atoms with van der Waals surface area (Å²) in [5.74, 6) is 0. The molecular formula is C20H22N2O. The molecule has 118 valence electrons. The van der Waals surface area contributed by atoms with Gasteiger partial charge in [0.2, 0.25) is 0 Å². The number of benzene rings is 2. The van der Waals surface area contributed by atoms with Crippen molar-refractivity contribution in [2.24, 2.45) is 0 Å². The Balaban J connectivity index is 1.50. The maximum absolute atomic E-state index is 12.7. The summed E-state index contributed by atoms with van der Waals surface area (Å²) in [6.07, 6.45) is 3.58. The molecule has 1 saturated heterocycles. The van der Waals surface area contributed by atoms with Crippen molar-refractivity contribution in [3.05, 3.63) is 64.7 Å². The third-order valence-electron chi connectivity index (χ3n) is 4.98. The summed E-state index contributed by atoms with van der Waals surface area (Å²) in [6, 6.07) is 15.1. The van der Waals surface area contributed by atoms with Gasteiger partial charge < -0.3 is 4.90 Å². The zero-order valence-electron chi connectivity index (χ0n) is 13.6. The van der Waals surface area contributed by atoms with Crippen LogP contribution in [-0.4, -0.2) is 24.0 Å². The quantitative estimate of drug-likeness (QED) is 0.843. The van der Waals surface area contributed by atoms with Crippen molar-refractivity contribution in [1.82, 2.24) is 4.90 Å². The lowest BCUT2D eigenvalue weighted by Crippen LogP contribution is -2.31. The van der Waals surface area contributed by atoms with E-state index in [0.29, 0.717) is 6.54 Å². The maximum atomic E-state index is 12.7. The van der Waals surface area contributed by atoms with Gasteiger partial charge in [-0.15, -0.1) is 0 Å². The van der Waals surface area contributed by atoms with Gasteiger partial charge in [0.15, 0.2) is 0 Å². The van der Waals surface area contributed by atoms with Crippen molar-refractivity contribution in [2.45, 2.75) is 32.7 Å². The first kappa shape index (κ1) is 14.3. The molecule has 0 aromatic heterocycles. The van der Waals surface area contributed by atoms with Crippen LogP contribution in [0, 0.1) is 6.92 Å². The summed E-state index contributed by atoms with van der Waals surface area (Å²) in [5.41, 5.74) is 6.38. The van der Waals surface area contributed by atoms with Crippen LogP contribution in [0.2, 0.25) is 0 Å². The van der Waals surface area contributed by atoms with Crippen LogP contribution in [0.4, 0.5) is 10.5 Å². The third kappa shape index (κ3) is 2.72. The number of hydrogen-bond donors (Lipinski definition) is 0. The molecule has 0 N–H and O–H groups in total. The van der Waals surface area contributed by atoms with Gasteiger partial charge >= 0.3 is 6.03 Å². The number of rotatable bonds is 3. The highest BCUT2D eigenvalue weighted by Gasteiger charge is 2.30. The van der Waals surface area contributed by atoms with Crippen molar-refractivity contribution < 1.29 is 4.79 Å². The first-order valence-electron chi connectivity index (χ1n) is 8.44. The fourth-order valence-corrected chi connectivity index (χ4v) is 3.61. The second-order valence-corrected chi connectivity index (χ2v) is 6.65. The summed E-state index contributed by atoms with van der Waals surface area (Å²) in [5, 5.41) is 0. The molecule has 23 heavy (non-hydrogen) atoms. The minimum absolute atomic E-state index is 0.128. The van der Waals surface area contributed by atoms with Crippen LogP contribution in [-0.2, 0) is 19.4 Å². The average Bonchev–Trinajstić information content (AvgIpc) is 3.16. The Kier molecular flexibility index (Phi) is 3.56. The highest BCUT2D eigenvalue weighted by atomic mass is 16.2. The number of nitrogens with zero attached hydrogens (tertiary/aromatic N) is 2. The van der Waals surface area contributed by atoms with Gasteiger partial charge in [-0.25, -0.2) is 4.79 Å². The molecule has 2 aromatic carbocycles. The lowest BCUT2D eigenvalue weighted by atomic mass is 10.1. The number of carbonyl (C=O) groups excluding carboxylic acids is 1. The topological polar surface area (TPSA) is 23.6 Å². The Morgan fingerprint density at radius 1 is 0.957 bits per heavy atom. The molecule has 3 heteroatoms. The van der Waals surface area contributed by atoms with E-state index in [1.807, 2.05) is 9.80 Å². The molecule has 1 fully saturated rings. The third-order valence-corrected chi connectivity index (χ3v) is 4.98. The molecule has 0 saturated carbocycles. The predicted octanol–water partition coefficient (Wildman–Crippen LogP) is 3.93. The van der Waals surface area contributed by atoms with Crippen LogP contribution in [0.5, 0.6) is 0 Å². The summed E-state index contributed by atoms with van der Waals surface area (Å²) in [7, 11) is 0. The first-order chi connectivity index (χ1) is 11.2. The first-order valence-corrected chi connectivity index (χ1v) is 8.44. The van der Waals surface area contributed by atoms with Crippen molar-refractivity contribution in [3.63, 3.8) is 0 Å². The number of amides is 2. The number of fused-ring (bicyclic) bond motifs is 1. The molecule has 0 atom stereocenters. The maximum Gasteiger partial charge on any atom is 0.324 e. The minimum Gasteiger partial charge on any atom is -0.318 e. The Morgan fingerprint density at radius 3 is 2.57 bits per heavy atom. The molecule has 1 aliphatic heterocycles. The van der Waals surface area contributed by atoms with E-state index in [1.54, 1.807) is 0 Å². The van der Waals surface area contributed by atoms with Crippen LogP contribution < -0.4 is 4.90 Å². The van der Waals surface area contributed by atoms with E-state index >= 15 is 0 Å². The van der Waals surface area contributed by atoms with Crippen LogP contribution in [0.25, 0.3) is 0 Å². The fourth-order valence-electron chi connectivity index (χ4n) is 3.61. The molecule has 1 heterocycles. The molecule has 4 rings (SSSR count). The Hall–Kier alpha value is -2.29. The van der Waals surface area contributed by atoms with E-state index in [9.17, 15) is 4.79 Å². The van der Waals surface area contributed by atoms with E-state index in [0.717, 1.165) is 25.2 Å². The minimum atomic E-state index is 0.128. The van der Waals surface area contributed by atoms with Crippen molar-refractivity contribution in [2.75, 3.05) is 18.0 Å². The molecule has 2 aliphatic rings. The van der Waals surface area contributed by atoms with E-state index < -0.39 is 0 Å². The number of urea groups is 1. The summed E-state index contributed by atoms with van der Waals surface area (Å²) < 4.78 is 0. The van der Waals surface area contributed by atoms with E-state index in [4.69, 9.17) is 0 Å². The normalized spacial score (nSPS) is 17.0. The van der Waals surface area contributed by atoms with Crippen LogP contribution in [0.3, 0.4) is 0 Å². The highest BCUT2D eigenvalue weighted by Crippen LogP contribution is 2.29. The van der Waals surface area contributed by atoms with Crippen LogP contribution in [0.15, 0.2) is 42.5 Å². The van der Waals surface area contributed by atoms with E-state index in [1.165, 1.54) is 35.1 Å². The van der Waals surface area contributed by atoms with Gasteiger partial charge in [0.05, 0.1) is 0 Å². The summed E-state index contributed by atoms with van der Waals surface area (Å²) in [4.78, 5) is 16.6. The van der Waals surface area contributed by atoms with Gasteiger partial charge in [0, 0.05) is 25.3 Å². The fraction of sp³-hybridized carbons (Fsp3) is 0.350. The molecule has 2 aromatic rings. The summed E-state index contributed by atoms with van der Waals surface area (Å²) in [6.45, 7) is 4.36. The molecule has 1 aliphatic carbocycles. The zero-order chi connectivity index (χ0) is 15.8. The van der Waals surface area contributed by atoms with Gasteiger partial charge in [-0.2, -0.15) is 0 Å². The van der Waals surface area contributed by atoms with Gasteiger partial charge in [-0.05, 0) is 55.0 Å². The van der Waals surface area contributed by atoms with Gasteiger partial charge in [-0.3, -0.25) is 4.90 Å². The van der Waals surface area contributed by atoms with E-state index in [2.05, 4.69) is 49.4 Å². The smallest absolute Gasteiger partial charge is 0.318 e. The molecule has 2 amide bonds. The largest absolute Gasteiger partial charge is 0.324 e. The Bertz CT molecular complexity index is 736. The molecule has 0 spiro atoms. The Labute approximate surface area is 137 Å². The lowest BCUT2D eigenvalue weighted by molar-refractivity contribution is 0.219. The second kappa shape index (κ2) is 5.73. The average molecular weight is 306 g/mol. The zero-order valence-corrected chi connectivity index (χ0v) is 13.6. The molecular weight excluding hydrogens is 284 g/mol. The molecule has 0 bridgehead atoms. The van der Waals surface area contributed by atoms with Crippen molar-refractivity contribution >= 4 is 11.7 Å². The second-order valence-electron chi connectivity index (χ2n) is 6.65. The predicted molar refractivity (Wildman–Crippen MR) is 92.8 cm³/mol. The SMILES string of the molecule is Cc1ccc(CN2CCN(c3ccc4c(c3)CCC4)C2=O)cc1. The van der Waals surface area contributed by atoms with Crippen molar-refractivity contribution in [1.29, 1.82) is 0 Å².